The van der Waals surface area contributed by atoms with Gasteiger partial charge in [0.05, 0.1) is 35.6 Å². The fourth-order valence-electron chi connectivity index (χ4n) is 4.10. The number of esters is 1. The van der Waals surface area contributed by atoms with E-state index in [-0.39, 0.29) is 29.6 Å². The van der Waals surface area contributed by atoms with Gasteiger partial charge in [0.2, 0.25) is 0 Å². The summed E-state index contributed by atoms with van der Waals surface area (Å²) < 4.78 is 18.4. The Kier molecular flexibility index (Phi) is 7.30. The molecule has 1 atom stereocenters. The summed E-state index contributed by atoms with van der Waals surface area (Å²) >= 11 is 1.21. The normalized spacial score (nSPS) is 15.5. The Balaban J connectivity index is 1.96. The molecule has 0 aliphatic carbocycles. The van der Waals surface area contributed by atoms with E-state index in [1.54, 1.807) is 32.1 Å². The molecule has 1 N–H and O–H groups in total. The second kappa shape index (κ2) is 10.4. The summed E-state index contributed by atoms with van der Waals surface area (Å²) in [6.45, 7) is 7.50. The zero-order valence-corrected chi connectivity index (χ0v) is 21.6. The molecular weight excluding hydrogens is 480 g/mol. The Labute approximate surface area is 212 Å². The highest BCUT2D eigenvalue weighted by atomic mass is 32.1. The number of thiazole rings is 1. The van der Waals surface area contributed by atoms with Crippen molar-refractivity contribution in [1.82, 2.24) is 4.57 Å². The molecule has 8 nitrogen and oxygen atoms in total. The highest BCUT2D eigenvalue weighted by Crippen LogP contribution is 2.36. The number of aromatic hydroxyl groups is 1. The molecule has 2 heterocycles. The molecule has 1 unspecified atom stereocenters. The maximum Gasteiger partial charge on any atom is 0.338 e. The molecule has 2 aromatic carbocycles. The van der Waals surface area contributed by atoms with Gasteiger partial charge in [-0.3, -0.25) is 9.36 Å². The second-order valence-corrected chi connectivity index (χ2v) is 9.45. The van der Waals surface area contributed by atoms with E-state index >= 15 is 0 Å². The van der Waals surface area contributed by atoms with Crippen LogP contribution < -0.4 is 24.4 Å². The van der Waals surface area contributed by atoms with Gasteiger partial charge in [-0.25, -0.2) is 9.79 Å². The lowest BCUT2D eigenvalue weighted by Gasteiger charge is -2.26. The Morgan fingerprint density at radius 3 is 2.64 bits per heavy atom. The number of para-hydroxylation sites is 1. The Morgan fingerprint density at radius 2 is 1.97 bits per heavy atom. The highest BCUT2D eigenvalue weighted by molar-refractivity contribution is 7.07. The summed E-state index contributed by atoms with van der Waals surface area (Å²) in [6.07, 6.45) is 1.57. The topological polar surface area (TPSA) is 99.4 Å². The van der Waals surface area contributed by atoms with Crippen LogP contribution in [-0.2, 0) is 9.53 Å². The number of benzene rings is 2. The molecule has 1 aliphatic heterocycles. The number of hydrogen-bond donors (Lipinski definition) is 1. The van der Waals surface area contributed by atoms with Crippen LogP contribution >= 0.6 is 11.3 Å². The van der Waals surface area contributed by atoms with Crippen molar-refractivity contribution < 1.29 is 24.1 Å². The van der Waals surface area contributed by atoms with E-state index in [2.05, 4.69) is 4.99 Å². The molecule has 36 heavy (non-hydrogen) atoms. The molecule has 1 aliphatic rings. The van der Waals surface area contributed by atoms with Gasteiger partial charge in [0.25, 0.3) is 5.56 Å². The Bertz CT molecular complexity index is 1520. The molecule has 0 saturated heterocycles. The molecule has 1 aromatic heterocycles. The standard InChI is InChI=1S/C27H28N2O6S/c1-6-34-26(32)23-16(4)28-27-29(24(23)18-9-7-8-10-20(18)35-15(2)3)25(31)22(36-27)14-17-11-12-21(33-5)19(30)13-17/h7-15,24,30H,6H2,1-5H3. The van der Waals surface area contributed by atoms with Gasteiger partial charge in [0, 0.05) is 5.56 Å². The molecule has 0 spiro atoms. The van der Waals surface area contributed by atoms with Crippen molar-refractivity contribution in [1.29, 1.82) is 0 Å². The number of ether oxygens (including phenoxy) is 3. The first kappa shape index (κ1) is 25.2. The molecule has 0 saturated carbocycles. The first-order valence-electron chi connectivity index (χ1n) is 11.6. The van der Waals surface area contributed by atoms with E-state index in [1.165, 1.54) is 29.1 Å². The van der Waals surface area contributed by atoms with Gasteiger partial charge in [-0.1, -0.05) is 35.6 Å². The minimum atomic E-state index is -0.776. The van der Waals surface area contributed by atoms with Crippen LogP contribution in [0.1, 0.15) is 44.9 Å². The molecule has 0 radical (unpaired) electrons. The molecule has 0 bridgehead atoms. The number of carbonyl (C=O) groups is 1. The van der Waals surface area contributed by atoms with E-state index in [9.17, 15) is 14.7 Å². The van der Waals surface area contributed by atoms with Gasteiger partial charge in [-0.2, -0.15) is 0 Å². The molecule has 4 rings (SSSR count). The van der Waals surface area contributed by atoms with Crippen LogP contribution in [0.25, 0.3) is 6.08 Å². The minimum Gasteiger partial charge on any atom is -0.504 e. The van der Waals surface area contributed by atoms with Gasteiger partial charge < -0.3 is 19.3 Å². The summed E-state index contributed by atoms with van der Waals surface area (Å²) in [4.78, 5) is 31.9. The number of hydrogen-bond acceptors (Lipinski definition) is 8. The summed E-state index contributed by atoms with van der Waals surface area (Å²) in [6, 6.07) is 11.5. The maximum atomic E-state index is 13.8. The number of aromatic nitrogens is 1. The number of phenols is 1. The monoisotopic (exact) mass is 508 g/mol. The smallest absolute Gasteiger partial charge is 0.338 e. The van der Waals surface area contributed by atoms with Crippen molar-refractivity contribution in [2.24, 2.45) is 4.99 Å². The predicted octanol–water partition coefficient (Wildman–Crippen LogP) is 3.30. The molecule has 0 amide bonds. The quantitative estimate of drug-likeness (QED) is 0.492. The van der Waals surface area contributed by atoms with Gasteiger partial charge in [0.1, 0.15) is 11.8 Å². The van der Waals surface area contributed by atoms with E-state index in [0.29, 0.717) is 37.7 Å². The largest absolute Gasteiger partial charge is 0.504 e. The SMILES string of the molecule is CCOC(=O)C1=C(C)N=c2sc(=Cc3ccc(OC)c(O)c3)c(=O)n2C1c1ccccc1OC(C)C. The Morgan fingerprint density at radius 1 is 1.22 bits per heavy atom. The molecule has 0 fully saturated rings. The Hall–Kier alpha value is -3.85. The maximum absolute atomic E-state index is 13.8. The first-order valence-corrected chi connectivity index (χ1v) is 12.4. The number of methoxy groups -OCH3 is 1. The van der Waals surface area contributed by atoms with Crippen molar-refractivity contribution >= 4 is 23.4 Å². The second-order valence-electron chi connectivity index (χ2n) is 8.44. The van der Waals surface area contributed by atoms with Crippen LogP contribution in [-0.4, -0.2) is 35.5 Å². The number of allylic oxidation sites excluding steroid dienone is 1. The van der Waals surface area contributed by atoms with Crippen LogP contribution in [0.4, 0.5) is 0 Å². The van der Waals surface area contributed by atoms with Crippen molar-refractivity contribution in [2.75, 3.05) is 13.7 Å². The van der Waals surface area contributed by atoms with Gasteiger partial charge in [-0.05, 0) is 57.5 Å². The fourth-order valence-corrected chi connectivity index (χ4v) is 5.15. The average Bonchev–Trinajstić information content (AvgIpc) is 3.13. The predicted molar refractivity (Wildman–Crippen MR) is 137 cm³/mol. The number of phenolic OH excluding ortho intramolecular Hbond substituents is 1. The molecular formula is C27H28N2O6S. The highest BCUT2D eigenvalue weighted by Gasteiger charge is 2.35. The van der Waals surface area contributed by atoms with Crippen molar-refractivity contribution in [3.05, 3.63) is 84.5 Å². The lowest BCUT2D eigenvalue weighted by atomic mass is 9.95. The molecule has 188 valence electrons. The third kappa shape index (κ3) is 4.79. The number of nitrogens with zero attached hydrogens (tertiary/aromatic N) is 2. The average molecular weight is 509 g/mol. The van der Waals surface area contributed by atoms with Crippen LogP contribution in [0.15, 0.2) is 63.5 Å². The third-order valence-electron chi connectivity index (χ3n) is 5.59. The minimum absolute atomic E-state index is 0.0305. The van der Waals surface area contributed by atoms with Crippen molar-refractivity contribution in [3.63, 3.8) is 0 Å². The van der Waals surface area contributed by atoms with Crippen LogP contribution in [0.2, 0.25) is 0 Å². The lowest BCUT2D eigenvalue weighted by molar-refractivity contribution is -0.139. The van der Waals surface area contributed by atoms with Crippen molar-refractivity contribution in [3.8, 4) is 17.2 Å². The third-order valence-corrected chi connectivity index (χ3v) is 6.58. The fraction of sp³-hybridized carbons (Fsp3) is 0.296. The number of rotatable bonds is 7. The van der Waals surface area contributed by atoms with Gasteiger partial charge in [-0.15, -0.1) is 0 Å². The summed E-state index contributed by atoms with van der Waals surface area (Å²) in [5, 5.41) is 10.2. The number of carbonyl (C=O) groups excluding carboxylic acids is 1. The summed E-state index contributed by atoms with van der Waals surface area (Å²) in [5.41, 5.74) is 1.75. The zero-order valence-electron chi connectivity index (χ0n) is 20.8. The number of fused-ring (bicyclic) bond motifs is 1. The van der Waals surface area contributed by atoms with Crippen LogP contribution in [0.3, 0.4) is 0 Å². The lowest BCUT2D eigenvalue weighted by Crippen LogP contribution is -2.40. The van der Waals surface area contributed by atoms with Crippen molar-refractivity contribution in [2.45, 2.75) is 39.8 Å². The van der Waals surface area contributed by atoms with Crippen LogP contribution in [0, 0.1) is 0 Å². The van der Waals surface area contributed by atoms with E-state index in [4.69, 9.17) is 14.2 Å². The first-order chi connectivity index (χ1) is 17.2. The van der Waals surface area contributed by atoms with Crippen LogP contribution in [0.5, 0.6) is 17.2 Å². The molecule has 9 heteroatoms. The van der Waals surface area contributed by atoms with Gasteiger partial charge in [0.15, 0.2) is 16.3 Å². The zero-order chi connectivity index (χ0) is 26.0. The summed E-state index contributed by atoms with van der Waals surface area (Å²) in [7, 11) is 1.47. The molecule has 3 aromatic rings. The summed E-state index contributed by atoms with van der Waals surface area (Å²) in [5.74, 6) is 0.350. The van der Waals surface area contributed by atoms with Gasteiger partial charge >= 0.3 is 5.97 Å². The van der Waals surface area contributed by atoms with E-state index < -0.39 is 12.0 Å². The van der Waals surface area contributed by atoms with E-state index in [1.807, 2.05) is 38.1 Å². The van der Waals surface area contributed by atoms with E-state index in [0.717, 1.165) is 0 Å².